The van der Waals surface area contributed by atoms with E-state index in [1.165, 1.54) is 0 Å². The van der Waals surface area contributed by atoms with Gasteiger partial charge in [0, 0.05) is 26.2 Å². The van der Waals surface area contributed by atoms with Crippen LogP contribution in [0.5, 0.6) is 11.5 Å². The van der Waals surface area contributed by atoms with Crippen molar-refractivity contribution < 1.29 is 14.2 Å². The smallest absolute Gasteiger partial charge is 0.231 e. The average molecular weight is 292 g/mol. The summed E-state index contributed by atoms with van der Waals surface area (Å²) >= 11 is 0. The van der Waals surface area contributed by atoms with Crippen LogP contribution in [-0.4, -0.2) is 44.5 Å². The van der Waals surface area contributed by atoms with E-state index in [1.807, 2.05) is 18.2 Å². The second kappa shape index (κ2) is 6.22. The molecule has 1 aromatic carbocycles. The van der Waals surface area contributed by atoms with Gasteiger partial charge in [0.25, 0.3) is 0 Å². The summed E-state index contributed by atoms with van der Waals surface area (Å²) in [6, 6.07) is 5.94. The van der Waals surface area contributed by atoms with Crippen LogP contribution in [0.25, 0.3) is 0 Å². The Kier molecular flexibility index (Phi) is 4.33. The zero-order chi connectivity index (χ0) is 14.8. The van der Waals surface area contributed by atoms with E-state index in [9.17, 15) is 0 Å². The van der Waals surface area contributed by atoms with Gasteiger partial charge in [0.05, 0.1) is 6.10 Å². The lowest BCUT2D eigenvalue weighted by molar-refractivity contribution is -0.00644. The Labute approximate surface area is 126 Å². The Morgan fingerprint density at radius 1 is 1.38 bits per heavy atom. The number of benzene rings is 1. The van der Waals surface area contributed by atoms with Crippen LogP contribution in [0.3, 0.4) is 0 Å². The monoisotopic (exact) mass is 292 g/mol. The minimum atomic E-state index is -0.0228. The lowest BCUT2D eigenvalue weighted by Crippen LogP contribution is -2.46. The van der Waals surface area contributed by atoms with E-state index in [0.29, 0.717) is 18.8 Å². The highest BCUT2D eigenvalue weighted by Crippen LogP contribution is 2.34. The Balaban J connectivity index is 1.62. The number of piperidine rings is 1. The van der Waals surface area contributed by atoms with E-state index < -0.39 is 0 Å². The van der Waals surface area contributed by atoms with E-state index >= 15 is 0 Å². The minimum absolute atomic E-state index is 0.0228. The van der Waals surface area contributed by atoms with Crippen LogP contribution >= 0.6 is 0 Å². The molecule has 0 saturated carbocycles. The van der Waals surface area contributed by atoms with Gasteiger partial charge in [-0.1, -0.05) is 13.0 Å². The number of fused-ring (bicyclic) bond motifs is 1. The van der Waals surface area contributed by atoms with Gasteiger partial charge in [0.2, 0.25) is 6.79 Å². The summed E-state index contributed by atoms with van der Waals surface area (Å²) in [7, 11) is 1.79. The van der Waals surface area contributed by atoms with E-state index in [0.717, 1.165) is 43.1 Å². The third-order valence-electron chi connectivity index (χ3n) is 4.56. The number of likely N-dealkylation sites (tertiary alicyclic amines) is 1. The second-order valence-corrected chi connectivity index (χ2v) is 6.02. The van der Waals surface area contributed by atoms with Crippen molar-refractivity contribution in [2.45, 2.75) is 25.5 Å². The molecule has 1 aromatic rings. The molecule has 116 valence electrons. The predicted octanol–water partition coefficient (Wildman–Crippen LogP) is 1.77. The fourth-order valence-electron chi connectivity index (χ4n) is 3.10. The van der Waals surface area contributed by atoms with E-state index in [4.69, 9.17) is 19.9 Å². The molecule has 1 saturated heterocycles. The predicted molar refractivity (Wildman–Crippen MR) is 80.5 cm³/mol. The van der Waals surface area contributed by atoms with Gasteiger partial charge >= 0.3 is 0 Å². The fourth-order valence-corrected chi connectivity index (χ4v) is 3.10. The van der Waals surface area contributed by atoms with Crippen LogP contribution in [0, 0.1) is 5.92 Å². The van der Waals surface area contributed by atoms with Crippen LogP contribution in [0.15, 0.2) is 18.2 Å². The maximum absolute atomic E-state index is 6.36. The first kappa shape index (κ1) is 14.6. The molecule has 1 fully saturated rings. The normalized spacial score (nSPS) is 26.8. The van der Waals surface area contributed by atoms with Gasteiger partial charge in [-0.3, -0.25) is 4.90 Å². The maximum Gasteiger partial charge on any atom is 0.231 e. The van der Waals surface area contributed by atoms with Gasteiger partial charge in [-0.05, 0) is 36.6 Å². The minimum Gasteiger partial charge on any atom is -0.454 e. The lowest BCUT2D eigenvalue weighted by Gasteiger charge is -2.37. The number of ether oxygens (including phenoxy) is 3. The molecule has 21 heavy (non-hydrogen) atoms. The van der Waals surface area contributed by atoms with Crippen molar-refractivity contribution in [3.8, 4) is 11.5 Å². The molecule has 2 aliphatic rings. The van der Waals surface area contributed by atoms with Crippen LogP contribution < -0.4 is 15.2 Å². The SMILES string of the molecule is COC1CN(CC(N)c2ccc3c(c2)OCO3)CCC1C. The molecular weight excluding hydrogens is 268 g/mol. The van der Waals surface area contributed by atoms with Crippen LogP contribution in [0.2, 0.25) is 0 Å². The van der Waals surface area contributed by atoms with Crippen LogP contribution in [0.1, 0.15) is 24.9 Å². The van der Waals surface area contributed by atoms with Gasteiger partial charge in [-0.15, -0.1) is 0 Å². The first-order valence-corrected chi connectivity index (χ1v) is 7.57. The lowest BCUT2D eigenvalue weighted by atomic mass is 9.95. The molecule has 3 rings (SSSR count). The quantitative estimate of drug-likeness (QED) is 0.916. The molecule has 2 N–H and O–H groups in total. The second-order valence-electron chi connectivity index (χ2n) is 6.02. The van der Waals surface area contributed by atoms with Crippen molar-refractivity contribution in [3.05, 3.63) is 23.8 Å². The van der Waals surface area contributed by atoms with E-state index in [1.54, 1.807) is 7.11 Å². The number of rotatable bonds is 4. The molecule has 0 spiro atoms. The number of methoxy groups -OCH3 is 1. The molecule has 3 atom stereocenters. The molecule has 3 unspecified atom stereocenters. The molecule has 2 heterocycles. The fraction of sp³-hybridized carbons (Fsp3) is 0.625. The van der Waals surface area contributed by atoms with Gasteiger partial charge in [-0.2, -0.15) is 0 Å². The highest BCUT2D eigenvalue weighted by atomic mass is 16.7. The molecule has 0 aliphatic carbocycles. The number of nitrogens with zero attached hydrogens (tertiary/aromatic N) is 1. The molecular formula is C16H24N2O3. The van der Waals surface area contributed by atoms with Crippen molar-refractivity contribution in [2.75, 3.05) is 33.5 Å². The largest absolute Gasteiger partial charge is 0.454 e. The Morgan fingerprint density at radius 2 is 2.19 bits per heavy atom. The van der Waals surface area contributed by atoms with Crippen molar-refractivity contribution in [1.82, 2.24) is 4.90 Å². The van der Waals surface area contributed by atoms with Gasteiger partial charge < -0.3 is 19.9 Å². The Hall–Kier alpha value is -1.30. The van der Waals surface area contributed by atoms with Crippen LogP contribution in [-0.2, 0) is 4.74 Å². The van der Waals surface area contributed by atoms with Crippen molar-refractivity contribution in [3.63, 3.8) is 0 Å². The Bertz CT molecular complexity index is 494. The molecule has 0 bridgehead atoms. The first-order valence-electron chi connectivity index (χ1n) is 7.57. The number of hydrogen-bond acceptors (Lipinski definition) is 5. The topological polar surface area (TPSA) is 57.0 Å². The maximum atomic E-state index is 6.36. The third-order valence-corrected chi connectivity index (χ3v) is 4.56. The van der Waals surface area contributed by atoms with Gasteiger partial charge in [0.15, 0.2) is 11.5 Å². The molecule has 5 nitrogen and oxygen atoms in total. The highest BCUT2D eigenvalue weighted by molar-refractivity contribution is 5.45. The number of hydrogen-bond donors (Lipinski definition) is 1. The molecule has 2 aliphatic heterocycles. The van der Waals surface area contributed by atoms with Crippen molar-refractivity contribution in [2.24, 2.45) is 11.7 Å². The Morgan fingerprint density at radius 3 is 3.00 bits per heavy atom. The van der Waals surface area contributed by atoms with E-state index in [-0.39, 0.29) is 6.04 Å². The molecule has 0 radical (unpaired) electrons. The van der Waals surface area contributed by atoms with Gasteiger partial charge in [0.1, 0.15) is 0 Å². The van der Waals surface area contributed by atoms with Crippen molar-refractivity contribution >= 4 is 0 Å². The van der Waals surface area contributed by atoms with Crippen LogP contribution in [0.4, 0.5) is 0 Å². The number of nitrogens with two attached hydrogens (primary N) is 1. The zero-order valence-corrected chi connectivity index (χ0v) is 12.7. The average Bonchev–Trinajstić information content (AvgIpc) is 2.96. The summed E-state index contributed by atoms with van der Waals surface area (Å²) in [6.07, 6.45) is 1.47. The van der Waals surface area contributed by atoms with Crippen molar-refractivity contribution in [1.29, 1.82) is 0 Å². The zero-order valence-electron chi connectivity index (χ0n) is 12.7. The third kappa shape index (κ3) is 3.15. The highest BCUT2D eigenvalue weighted by Gasteiger charge is 2.27. The molecule has 0 aromatic heterocycles. The first-order chi connectivity index (χ1) is 10.2. The summed E-state index contributed by atoms with van der Waals surface area (Å²) in [5.74, 6) is 2.22. The summed E-state index contributed by atoms with van der Waals surface area (Å²) in [6.45, 7) is 5.43. The standard InChI is InChI=1S/C16H24N2O3/c1-11-5-6-18(9-16(11)19-2)8-13(17)12-3-4-14-15(7-12)21-10-20-14/h3-4,7,11,13,16H,5-6,8-10,17H2,1-2H3. The summed E-state index contributed by atoms with van der Waals surface area (Å²) in [5, 5.41) is 0. The van der Waals surface area contributed by atoms with E-state index in [2.05, 4.69) is 11.8 Å². The molecule has 5 heteroatoms. The summed E-state index contributed by atoms with van der Waals surface area (Å²) in [4.78, 5) is 2.39. The molecule has 0 amide bonds. The summed E-state index contributed by atoms with van der Waals surface area (Å²) < 4.78 is 16.3. The van der Waals surface area contributed by atoms with Gasteiger partial charge in [-0.25, -0.2) is 0 Å². The summed E-state index contributed by atoms with van der Waals surface area (Å²) in [5.41, 5.74) is 7.45.